The molecule has 0 unspecified atom stereocenters. The first-order valence-corrected chi connectivity index (χ1v) is 7.12. The minimum Gasteiger partial charge on any atom is -0.481 e. The molecule has 2 N–H and O–H groups in total. The number of carbonyl (C=O) groups is 1. The van der Waals surface area contributed by atoms with Crippen molar-refractivity contribution in [1.29, 1.82) is 0 Å². The van der Waals surface area contributed by atoms with Crippen molar-refractivity contribution in [1.82, 2.24) is 9.71 Å². The van der Waals surface area contributed by atoms with Gasteiger partial charge in [-0.2, -0.15) is 0 Å². The molecule has 0 bridgehead atoms. The fourth-order valence-electron chi connectivity index (χ4n) is 2.11. The van der Waals surface area contributed by atoms with Gasteiger partial charge in [0.25, 0.3) is 0 Å². The molecule has 0 aliphatic heterocycles. The summed E-state index contributed by atoms with van der Waals surface area (Å²) >= 11 is 0. The molecule has 7 heteroatoms. The van der Waals surface area contributed by atoms with Gasteiger partial charge in [-0.05, 0) is 31.4 Å². The van der Waals surface area contributed by atoms with Gasteiger partial charge in [0.05, 0.1) is 5.92 Å². The van der Waals surface area contributed by atoms with E-state index < -0.39 is 21.9 Å². The van der Waals surface area contributed by atoms with Gasteiger partial charge in [-0.15, -0.1) is 0 Å². The van der Waals surface area contributed by atoms with Gasteiger partial charge in [-0.3, -0.25) is 9.78 Å². The van der Waals surface area contributed by atoms with Crippen LogP contribution in [0.1, 0.15) is 19.3 Å². The number of nitrogens with one attached hydrogen (secondary N) is 1. The lowest BCUT2D eigenvalue weighted by molar-refractivity contribution is -0.141. The van der Waals surface area contributed by atoms with Crippen LogP contribution in [0.5, 0.6) is 0 Å². The number of aromatic nitrogens is 1. The summed E-state index contributed by atoms with van der Waals surface area (Å²) in [5.41, 5.74) is 0. The molecular formula is C11H14N2O4S. The van der Waals surface area contributed by atoms with Crippen LogP contribution in [0.15, 0.2) is 29.4 Å². The van der Waals surface area contributed by atoms with Crippen molar-refractivity contribution in [3.63, 3.8) is 0 Å². The third kappa shape index (κ3) is 2.85. The summed E-state index contributed by atoms with van der Waals surface area (Å²) in [7, 11) is -3.60. The Labute approximate surface area is 105 Å². The zero-order valence-corrected chi connectivity index (χ0v) is 10.4. The van der Waals surface area contributed by atoms with E-state index in [2.05, 4.69) is 9.71 Å². The largest absolute Gasteiger partial charge is 0.481 e. The van der Waals surface area contributed by atoms with Gasteiger partial charge >= 0.3 is 5.97 Å². The second kappa shape index (κ2) is 5.03. The predicted molar refractivity (Wildman–Crippen MR) is 63.3 cm³/mol. The molecule has 1 aromatic heterocycles. The molecule has 1 aromatic rings. The van der Waals surface area contributed by atoms with Gasteiger partial charge in [0.2, 0.25) is 10.0 Å². The number of rotatable bonds is 4. The number of sulfonamides is 1. The Balaban J connectivity index is 2.05. The summed E-state index contributed by atoms with van der Waals surface area (Å²) in [5, 5.41) is 8.86. The molecule has 0 saturated heterocycles. The van der Waals surface area contributed by atoms with E-state index in [0.29, 0.717) is 19.3 Å². The van der Waals surface area contributed by atoms with Gasteiger partial charge in [0.15, 0.2) is 0 Å². The number of pyridine rings is 1. The van der Waals surface area contributed by atoms with Crippen LogP contribution in [0, 0.1) is 5.92 Å². The van der Waals surface area contributed by atoms with Crippen LogP contribution in [-0.2, 0) is 14.8 Å². The molecule has 1 heterocycles. The predicted octanol–water partition coefficient (Wildman–Crippen LogP) is 0.613. The van der Waals surface area contributed by atoms with Gasteiger partial charge in [0.1, 0.15) is 4.90 Å². The maximum absolute atomic E-state index is 12.0. The van der Waals surface area contributed by atoms with E-state index in [9.17, 15) is 13.2 Å². The minimum atomic E-state index is -3.60. The van der Waals surface area contributed by atoms with Crippen LogP contribution < -0.4 is 4.72 Å². The molecular weight excluding hydrogens is 256 g/mol. The zero-order chi connectivity index (χ0) is 13.2. The summed E-state index contributed by atoms with van der Waals surface area (Å²) in [6.07, 6.45) is 4.17. The van der Waals surface area contributed by atoms with Crippen molar-refractivity contribution in [3.05, 3.63) is 24.5 Å². The lowest BCUT2D eigenvalue weighted by Gasteiger charge is -2.12. The lowest BCUT2D eigenvalue weighted by atomic mass is 10.1. The summed E-state index contributed by atoms with van der Waals surface area (Å²) in [5.74, 6) is -1.32. The first-order chi connectivity index (χ1) is 8.49. The third-order valence-electron chi connectivity index (χ3n) is 3.05. The number of nitrogens with zero attached hydrogens (tertiary/aromatic N) is 1. The Morgan fingerprint density at radius 2 is 2.22 bits per heavy atom. The molecule has 1 saturated carbocycles. The second-order valence-corrected chi connectivity index (χ2v) is 6.07. The van der Waals surface area contributed by atoms with E-state index in [0.717, 1.165) is 0 Å². The normalized spacial score (nSPS) is 24.0. The molecule has 2 rings (SSSR count). The monoisotopic (exact) mass is 270 g/mol. The van der Waals surface area contributed by atoms with Crippen LogP contribution in [0.2, 0.25) is 0 Å². The molecule has 1 aliphatic carbocycles. The number of aliphatic carboxylic acids is 1. The summed E-state index contributed by atoms with van der Waals surface area (Å²) in [6, 6.07) is 2.69. The Bertz CT molecular complexity index is 529. The summed E-state index contributed by atoms with van der Waals surface area (Å²) in [6.45, 7) is 0. The van der Waals surface area contributed by atoms with Crippen LogP contribution in [0.4, 0.5) is 0 Å². The van der Waals surface area contributed by atoms with Crippen molar-refractivity contribution >= 4 is 16.0 Å². The van der Waals surface area contributed by atoms with E-state index >= 15 is 0 Å². The maximum atomic E-state index is 12.0. The van der Waals surface area contributed by atoms with E-state index in [1.165, 1.54) is 18.5 Å². The molecule has 98 valence electrons. The quantitative estimate of drug-likeness (QED) is 0.835. The number of hydrogen-bond donors (Lipinski definition) is 2. The summed E-state index contributed by atoms with van der Waals surface area (Å²) in [4.78, 5) is 14.7. The Morgan fingerprint density at radius 1 is 1.44 bits per heavy atom. The Morgan fingerprint density at radius 3 is 2.78 bits per heavy atom. The smallest absolute Gasteiger partial charge is 0.306 e. The molecule has 6 nitrogen and oxygen atoms in total. The fraction of sp³-hybridized carbons (Fsp3) is 0.455. The second-order valence-electron chi connectivity index (χ2n) is 4.36. The molecule has 0 spiro atoms. The maximum Gasteiger partial charge on any atom is 0.306 e. The van der Waals surface area contributed by atoms with Crippen LogP contribution in [-0.4, -0.2) is 30.5 Å². The Kier molecular flexibility index (Phi) is 3.63. The zero-order valence-electron chi connectivity index (χ0n) is 9.61. The SMILES string of the molecule is O=C(O)[C@@H]1CC[C@H](NS(=O)(=O)c2cccnc2)C1. The van der Waals surface area contributed by atoms with Gasteiger partial charge in [0, 0.05) is 18.4 Å². The van der Waals surface area contributed by atoms with Crippen molar-refractivity contribution in [2.75, 3.05) is 0 Å². The van der Waals surface area contributed by atoms with Crippen molar-refractivity contribution in [2.24, 2.45) is 5.92 Å². The highest BCUT2D eigenvalue weighted by molar-refractivity contribution is 7.89. The minimum absolute atomic E-state index is 0.101. The number of carboxylic acids is 1. The van der Waals surface area contributed by atoms with Crippen LogP contribution in [0.25, 0.3) is 0 Å². The standard InChI is InChI=1S/C11H14N2O4S/c14-11(15)8-3-4-9(6-8)13-18(16,17)10-2-1-5-12-7-10/h1-2,5,7-9,13H,3-4,6H2,(H,14,15)/t8-,9+/m1/s1. The molecule has 18 heavy (non-hydrogen) atoms. The van der Waals surface area contributed by atoms with Crippen LogP contribution in [0.3, 0.4) is 0 Å². The van der Waals surface area contributed by atoms with Crippen molar-refractivity contribution < 1.29 is 18.3 Å². The van der Waals surface area contributed by atoms with Gasteiger partial charge in [-0.25, -0.2) is 13.1 Å². The third-order valence-corrected chi connectivity index (χ3v) is 4.55. The molecule has 1 aliphatic rings. The van der Waals surface area contributed by atoms with E-state index in [-0.39, 0.29) is 10.9 Å². The first-order valence-electron chi connectivity index (χ1n) is 5.64. The first kappa shape index (κ1) is 13.0. The number of hydrogen-bond acceptors (Lipinski definition) is 4. The lowest BCUT2D eigenvalue weighted by Crippen LogP contribution is -2.33. The topological polar surface area (TPSA) is 96.4 Å². The molecule has 0 amide bonds. The highest BCUT2D eigenvalue weighted by Crippen LogP contribution is 2.26. The summed E-state index contributed by atoms with van der Waals surface area (Å²) < 4.78 is 26.5. The van der Waals surface area contributed by atoms with Crippen molar-refractivity contribution in [2.45, 2.75) is 30.2 Å². The Hall–Kier alpha value is -1.47. The fourth-order valence-corrected chi connectivity index (χ4v) is 3.35. The molecule has 0 radical (unpaired) electrons. The molecule has 2 atom stereocenters. The highest BCUT2D eigenvalue weighted by atomic mass is 32.2. The average Bonchev–Trinajstić information content (AvgIpc) is 2.78. The van der Waals surface area contributed by atoms with Gasteiger partial charge in [-0.1, -0.05) is 0 Å². The molecule has 0 aromatic carbocycles. The molecule has 1 fully saturated rings. The highest BCUT2D eigenvalue weighted by Gasteiger charge is 2.32. The van der Waals surface area contributed by atoms with Gasteiger partial charge < -0.3 is 5.11 Å². The van der Waals surface area contributed by atoms with E-state index in [4.69, 9.17) is 5.11 Å². The van der Waals surface area contributed by atoms with E-state index in [1.807, 2.05) is 0 Å². The average molecular weight is 270 g/mol. The van der Waals surface area contributed by atoms with E-state index in [1.54, 1.807) is 6.07 Å². The van der Waals surface area contributed by atoms with Crippen molar-refractivity contribution in [3.8, 4) is 0 Å². The van der Waals surface area contributed by atoms with Crippen LogP contribution >= 0.6 is 0 Å². The number of carboxylic acid groups (broad SMARTS) is 1.